The summed E-state index contributed by atoms with van der Waals surface area (Å²) in [5.41, 5.74) is 4.00. The van der Waals surface area contributed by atoms with Crippen molar-refractivity contribution in [2.75, 3.05) is 7.11 Å². The molecule has 0 bridgehead atoms. The van der Waals surface area contributed by atoms with E-state index in [1.54, 1.807) is 7.11 Å². The summed E-state index contributed by atoms with van der Waals surface area (Å²) in [7, 11) is 1.66. The van der Waals surface area contributed by atoms with Crippen LogP contribution in [0.3, 0.4) is 0 Å². The topological polar surface area (TPSA) is 47.3 Å². The van der Waals surface area contributed by atoms with Crippen molar-refractivity contribution >= 4 is 15.9 Å². The zero-order valence-corrected chi connectivity index (χ0v) is 11.8. The Morgan fingerprint density at radius 1 is 1.38 bits per heavy atom. The third-order valence-electron chi connectivity index (χ3n) is 2.55. The molecule has 1 rings (SSSR count). The van der Waals surface area contributed by atoms with Crippen molar-refractivity contribution in [3.05, 3.63) is 28.2 Å². The monoisotopic (exact) mass is 286 g/mol. The van der Waals surface area contributed by atoms with Gasteiger partial charge in [-0.1, -0.05) is 36.7 Å². The van der Waals surface area contributed by atoms with Crippen LogP contribution in [0.5, 0.6) is 5.75 Å². The van der Waals surface area contributed by atoms with Crippen LogP contribution in [0.25, 0.3) is 0 Å². The van der Waals surface area contributed by atoms with E-state index in [9.17, 15) is 0 Å². The molecule has 3 N–H and O–H groups in total. The third kappa shape index (κ3) is 2.97. The van der Waals surface area contributed by atoms with E-state index in [-0.39, 0.29) is 11.5 Å². The van der Waals surface area contributed by atoms with Crippen LogP contribution < -0.4 is 16.0 Å². The molecule has 0 spiro atoms. The Hall–Kier alpha value is -0.580. The van der Waals surface area contributed by atoms with Crippen molar-refractivity contribution < 1.29 is 4.74 Å². The first-order chi connectivity index (χ1) is 7.40. The van der Waals surface area contributed by atoms with Crippen LogP contribution in [0.1, 0.15) is 32.4 Å². The van der Waals surface area contributed by atoms with Crippen LogP contribution in [0.4, 0.5) is 0 Å². The molecule has 1 unspecified atom stereocenters. The Balaban J connectivity index is 3.18. The van der Waals surface area contributed by atoms with Gasteiger partial charge in [-0.2, -0.15) is 0 Å². The van der Waals surface area contributed by atoms with Gasteiger partial charge in [0.2, 0.25) is 0 Å². The summed E-state index contributed by atoms with van der Waals surface area (Å²) in [5.74, 6) is 6.48. The standard InChI is InChI=1S/C12H19BrN2O/c1-12(2,3)11(15-14)9-7-8(16-4)5-6-10(9)13/h5-7,11,15H,14H2,1-4H3. The number of nitrogens with one attached hydrogen (secondary N) is 1. The molecule has 16 heavy (non-hydrogen) atoms. The first-order valence-corrected chi connectivity index (χ1v) is 5.99. The van der Waals surface area contributed by atoms with Gasteiger partial charge in [0.1, 0.15) is 5.75 Å². The lowest BCUT2D eigenvalue weighted by molar-refractivity contribution is 0.274. The van der Waals surface area contributed by atoms with E-state index in [1.165, 1.54) is 0 Å². The Labute approximate surface area is 105 Å². The largest absolute Gasteiger partial charge is 0.497 e. The molecule has 0 aliphatic heterocycles. The average molecular weight is 287 g/mol. The number of hydrazine groups is 1. The molecule has 0 radical (unpaired) electrons. The highest BCUT2D eigenvalue weighted by Gasteiger charge is 2.27. The maximum absolute atomic E-state index is 5.64. The van der Waals surface area contributed by atoms with E-state index in [4.69, 9.17) is 10.6 Å². The van der Waals surface area contributed by atoms with Gasteiger partial charge in [0.25, 0.3) is 0 Å². The summed E-state index contributed by atoms with van der Waals surface area (Å²) in [6.07, 6.45) is 0. The minimum atomic E-state index is 0.0314. The fourth-order valence-electron chi connectivity index (χ4n) is 1.68. The van der Waals surface area contributed by atoms with Gasteiger partial charge in [-0.3, -0.25) is 11.3 Å². The minimum absolute atomic E-state index is 0.0314. The number of halogens is 1. The number of hydrogen-bond donors (Lipinski definition) is 2. The molecule has 0 saturated carbocycles. The molecule has 1 aromatic carbocycles. The van der Waals surface area contributed by atoms with E-state index < -0.39 is 0 Å². The number of benzene rings is 1. The molecule has 1 atom stereocenters. The zero-order valence-electron chi connectivity index (χ0n) is 10.2. The molecule has 0 fully saturated rings. The van der Waals surface area contributed by atoms with Gasteiger partial charge in [-0.25, -0.2) is 0 Å². The van der Waals surface area contributed by atoms with Crippen molar-refractivity contribution in [1.29, 1.82) is 0 Å². The smallest absolute Gasteiger partial charge is 0.119 e. The van der Waals surface area contributed by atoms with Crippen molar-refractivity contribution in [3.8, 4) is 5.75 Å². The van der Waals surface area contributed by atoms with Crippen LogP contribution in [0, 0.1) is 5.41 Å². The first-order valence-electron chi connectivity index (χ1n) is 5.19. The number of methoxy groups -OCH3 is 1. The summed E-state index contributed by atoms with van der Waals surface area (Å²) in [6.45, 7) is 6.43. The molecular formula is C12H19BrN2O. The average Bonchev–Trinajstić information content (AvgIpc) is 2.20. The maximum atomic E-state index is 5.64. The minimum Gasteiger partial charge on any atom is -0.497 e. The van der Waals surface area contributed by atoms with E-state index in [0.717, 1.165) is 15.8 Å². The van der Waals surface area contributed by atoms with Crippen LogP contribution in [-0.2, 0) is 0 Å². The molecule has 0 saturated heterocycles. The lowest BCUT2D eigenvalue weighted by Gasteiger charge is -2.31. The van der Waals surface area contributed by atoms with Gasteiger partial charge >= 0.3 is 0 Å². The van der Waals surface area contributed by atoms with Crippen molar-refractivity contribution in [2.45, 2.75) is 26.8 Å². The molecular weight excluding hydrogens is 268 g/mol. The fourth-order valence-corrected chi connectivity index (χ4v) is 2.15. The Morgan fingerprint density at radius 2 is 2.00 bits per heavy atom. The normalized spacial score (nSPS) is 13.6. The van der Waals surface area contributed by atoms with Gasteiger partial charge in [-0.15, -0.1) is 0 Å². The van der Waals surface area contributed by atoms with Gasteiger partial charge in [0, 0.05) is 4.47 Å². The number of hydrogen-bond acceptors (Lipinski definition) is 3. The molecule has 0 amide bonds. The van der Waals surface area contributed by atoms with Crippen LogP contribution in [-0.4, -0.2) is 7.11 Å². The van der Waals surface area contributed by atoms with Crippen LogP contribution >= 0.6 is 15.9 Å². The summed E-state index contributed by atoms with van der Waals surface area (Å²) in [5, 5.41) is 0. The number of ether oxygens (including phenoxy) is 1. The molecule has 90 valence electrons. The van der Waals surface area contributed by atoms with Gasteiger partial charge in [-0.05, 0) is 29.2 Å². The highest BCUT2D eigenvalue weighted by atomic mass is 79.9. The molecule has 0 heterocycles. The molecule has 0 aliphatic rings. The Kier molecular flexibility index (Phi) is 4.35. The first kappa shape index (κ1) is 13.5. The highest BCUT2D eigenvalue weighted by Crippen LogP contribution is 2.37. The Morgan fingerprint density at radius 3 is 2.44 bits per heavy atom. The molecule has 0 aliphatic carbocycles. The highest BCUT2D eigenvalue weighted by molar-refractivity contribution is 9.10. The second-order valence-corrected chi connectivity index (χ2v) is 5.71. The molecule has 4 heteroatoms. The van der Waals surface area contributed by atoms with E-state index in [1.807, 2.05) is 18.2 Å². The number of rotatable bonds is 3. The van der Waals surface area contributed by atoms with Crippen LogP contribution in [0.15, 0.2) is 22.7 Å². The lowest BCUT2D eigenvalue weighted by Crippen LogP contribution is -2.37. The summed E-state index contributed by atoms with van der Waals surface area (Å²) in [6, 6.07) is 5.96. The predicted molar refractivity (Wildman–Crippen MR) is 70.2 cm³/mol. The second kappa shape index (κ2) is 5.17. The Bertz CT molecular complexity index is 361. The molecule has 0 aromatic heterocycles. The quantitative estimate of drug-likeness (QED) is 0.663. The summed E-state index contributed by atoms with van der Waals surface area (Å²) in [4.78, 5) is 0. The lowest BCUT2D eigenvalue weighted by atomic mass is 9.83. The van der Waals surface area contributed by atoms with Crippen LogP contribution in [0.2, 0.25) is 0 Å². The van der Waals surface area contributed by atoms with Crippen molar-refractivity contribution in [3.63, 3.8) is 0 Å². The third-order valence-corrected chi connectivity index (χ3v) is 3.27. The fraction of sp³-hybridized carbons (Fsp3) is 0.500. The van der Waals surface area contributed by atoms with E-state index >= 15 is 0 Å². The van der Waals surface area contributed by atoms with Crippen molar-refractivity contribution in [2.24, 2.45) is 11.3 Å². The van der Waals surface area contributed by atoms with E-state index in [2.05, 4.69) is 42.1 Å². The van der Waals surface area contributed by atoms with Crippen molar-refractivity contribution in [1.82, 2.24) is 5.43 Å². The van der Waals surface area contributed by atoms with Gasteiger partial charge in [0.05, 0.1) is 13.2 Å². The zero-order chi connectivity index (χ0) is 12.3. The maximum Gasteiger partial charge on any atom is 0.119 e. The number of nitrogens with two attached hydrogens (primary N) is 1. The summed E-state index contributed by atoms with van der Waals surface area (Å²) >= 11 is 3.54. The molecule has 3 nitrogen and oxygen atoms in total. The van der Waals surface area contributed by atoms with Gasteiger partial charge in [0.15, 0.2) is 0 Å². The SMILES string of the molecule is COc1ccc(Br)c(C(NN)C(C)(C)C)c1. The predicted octanol–water partition coefficient (Wildman–Crippen LogP) is 3.01. The molecule has 1 aromatic rings. The summed E-state index contributed by atoms with van der Waals surface area (Å²) < 4.78 is 6.26. The van der Waals surface area contributed by atoms with Gasteiger partial charge < -0.3 is 4.74 Å². The van der Waals surface area contributed by atoms with E-state index in [0.29, 0.717) is 0 Å². The second-order valence-electron chi connectivity index (χ2n) is 4.85.